The number of hydrogen-bond donors (Lipinski definition) is 3. The van der Waals surface area contributed by atoms with Crippen molar-refractivity contribution in [1.29, 1.82) is 5.41 Å². The summed E-state index contributed by atoms with van der Waals surface area (Å²) in [5, 5.41) is 9.71. The van der Waals surface area contributed by atoms with Crippen LogP contribution in [0.3, 0.4) is 0 Å². The van der Waals surface area contributed by atoms with Gasteiger partial charge in [0.1, 0.15) is 12.3 Å². The minimum atomic E-state index is -0.369. The van der Waals surface area contributed by atoms with Crippen molar-refractivity contribution in [2.75, 3.05) is 6.61 Å². The summed E-state index contributed by atoms with van der Waals surface area (Å²) >= 11 is 0. The third-order valence-corrected chi connectivity index (χ3v) is 5.28. The molecular weight excluding hydrogens is 412 g/mol. The molecule has 3 aromatic carbocycles. The van der Waals surface area contributed by atoms with Gasteiger partial charge in [-0.15, -0.1) is 0 Å². The van der Waals surface area contributed by atoms with Gasteiger partial charge in [-0.3, -0.25) is 15.5 Å². The number of hydrogen-bond acceptors (Lipinski definition) is 3. The minimum Gasteiger partial charge on any atom is -0.493 e. The number of ether oxygens (including phenoxy) is 1. The average molecular weight is 439 g/mol. The van der Waals surface area contributed by atoms with E-state index in [1.165, 1.54) is 5.56 Å². The van der Waals surface area contributed by atoms with Crippen LogP contribution in [0.25, 0.3) is 22.5 Å². The van der Waals surface area contributed by atoms with E-state index in [-0.39, 0.29) is 18.4 Å². The van der Waals surface area contributed by atoms with Crippen LogP contribution in [0.1, 0.15) is 5.56 Å². The highest BCUT2D eigenvalue weighted by Gasteiger charge is 2.15. The lowest BCUT2D eigenvalue weighted by Gasteiger charge is -2.14. The Labute approximate surface area is 193 Å². The standard InChI is InChI=1S/C27H26N4O2/c28-27(29)30-26(32)19-31-24(21-9-5-2-6-10-21)15-16-25(31)22-11-13-23(14-12-22)33-18-17-20-7-3-1-4-8-20/h1-16H,17-19H2,(H4,28,29,30,32). The van der Waals surface area contributed by atoms with Crippen molar-refractivity contribution < 1.29 is 9.53 Å². The molecule has 4 rings (SSSR count). The molecular formula is C27H26N4O2. The first-order valence-corrected chi connectivity index (χ1v) is 10.8. The second kappa shape index (κ2) is 10.3. The van der Waals surface area contributed by atoms with E-state index in [2.05, 4.69) is 17.4 Å². The molecule has 0 bridgehead atoms. The molecule has 0 saturated carbocycles. The van der Waals surface area contributed by atoms with E-state index in [0.717, 1.165) is 34.7 Å². The Morgan fingerprint density at radius 2 is 1.39 bits per heavy atom. The quantitative estimate of drug-likeness (QED) is 0.280. The van der Waals surface area contributed by atoms with Crippen molar-refractivity contribution in [2.24, 2.45) is 5.73 Å². The van der Waals surface area contributed by atoms with Crippen LogP contribution in [0, 0.1) is 5.41 Å². The Kier molecular flexibility index (Phi) is 6.85. The fraction of sp³-hybridized carbons (Fsp3) is 0.111. The lowest BCUT2D eigenvalue weighted by molar-refractivity contribution is -0.120. The summed E-state index contributed by atoms with van der Waals surface area (Å²) in [7, 11) is 0. The first-order valence-electron chi connectivity index (χ1n) is 10.8. The number of aromatic nitrogens is 1. The summed E-state index contributed by atoms with van der Waals surface area (Å²) < 4.78 is 7.83. The van der Waals surface area contributed by atoms with Crippen LogP contribution < -0.4 is 15.8 Å². The third kappa shape index (κ3) is 5.68. The molecule has 1 amide bonds. The molecule has 166 valence electrons. The maximum absolute atomic E-state index is 12.4. The molecule has 33 heavy (non-hydrogen) atoms. The van der Waals surface area contributed by atoms with Crippen LogP contribution in [-0.4, -0.2) is 23.0 Å². The molecule has 0 saturated heterocycles. The minimum absolute atomic E-state index is 0.0431. The third-order valence-electron chi connectivity index (χ3n) is 5.28. The number of nitrogens with zero attached hydrogens (tertiary/aromatic N) is 1. The summed E-state index contributed by atoms with van der Waals surface area (Å²) in [6.45, 7) is 0.643. The predicted octanol–water partition coefficient (Wildman–Crippen LogP) is 4.45. The lowest BCUT2D eigenvalue weighted by atomic mass is 10.1. The molecule has 1 heterocycles. The van der Waals surface area contributed by atoms with Gasteiger partial charge in [0.25, 0.3) is 0 Å². The molecule has 0 aliphatic heterocycles. The SMILES string of the molecule is N=C(N)NC(=O)Cn1c(-c2ccccc2)ccc1-c1ccc(OCCc2ccccc2)cc1. The summed E-state index contributed by atoms with van der Waals surface area (Å²) in [5.74, 6) is 0.0790. The summed E-state index contributed by atoms with van der Waals surface area (Å²) in [6, 6.07) is 32.0. The van der Waals surface area contributed by atoms with Gasteiger partial charge in [-0.1, -0.05) is 60.7 Å². The highest BCUT2D eigenvalue weighted by molar-refractivity contribution is 5.95. The molecule has 6 nitrogen and oxygen atoms in total. The fourth-order valence-corrected chi connectivity index (χ4v) is 3.74. The van der Waals surface area contributed by atoms with Gasteiger partial charge in [0, 0.05) is 17.8 Å². The summed E-state index contributed by atoms with van der Waals surface area (Å²) in [6.07, 6.45) is 0.844. The van der Waals surface area contributed by atoms with Gasteiger partial charge in [0.05, 0.1) is 6.61 Å². The number of carbonyl (C=O) groups excluding carboxylic acids is 1. The zero-order valence-electron chi connectivity index (χ0n) is 18.2. The number of amides is 1. The molecule has 0 aliphatic carbocycles. The van der Waals surface area contributed by atoms with Gasteiger partial charge in [-0.05, 0) is 53.1 Å². The van der Waals surface area contributed by atoms with Crippen molar-refractivity contribution in [1.82, 2.24) is 9.88 Å². The Balaban J connectivity index is 1.54. The first kappa shape index (κ1) is 21.9. The van der Waals surface area contributed by atoms with Crippen LogP contribution >= 0.6 is 0 Å². The van der Waals surface area contributed by atoms with Crippen molar-refractivity contribution in [3.8, 4) is 28.3 Å². The van der Waals surface area contributed by atoms with Gasteiger partial charge in [-0.25, -0.2) is 0 Å². The normalized spacial score (nSPS) is 10.5. The van der Waals surface area contributed by atoms with E-state index in [1.54, 1.807) is 0 Å². The average Bonchev–Trinajstić information content (AvgIpc) is 3.23. The summed E-state index contributed by atoms with van der Waals surface area (Å²) in [5.41, 5.74) is 10.3. The zero-order valence-corrected chi connectivity index (χ0v) is 18.2. The van der Waals surface area contributed by atoms with Crippen molar-refractivity contribution in [3.05, 3.63) is 103 Å². The Hall–Kier alpha value is -4.32. The van der Waals surface area contributed by atoms with Gasteiger partial charge < -0.3 is 15.0 Å². The van der Waals surface area contributed by atoms with Crippen LogP contribution in [0.15, 0.2) is 97.1 Å². The number of rotatable bonds is 8. The number of nitrogens with two attached hydrogens (primary N) is 1. The molecule has 0 radical (unpaired) electrons. The second-order valence-electron chi connectivity index (χ2n) is 7.63. The van der Waals surface area contributed by atoms with Crippen LogP contribution in [-0.2, 0) is 17.8 Å². The Morgan fingerprint density at radius 1 is 0.818 bits per heavy atom. The molecule has 0 spiro atoms. The van der Waals surface area contributed by atoms with E-state index in [0.29, 0.717) is 6.61 Å². The number of nitrogens with one attached hydrogen (secondary N) is 2. The lowest BCUT2D eigenvalue weighted by Crippen LogP contribution is -2.37. The zero-order chi connectivity index (χ0) is 23.0. The fourth-order valence-electron chi connectivity index (χ4n) is 3.74. The largest absolute Gasteiger partial charge is 0.493 e. The Morgan fingerprint density at radius 3 is 2.00 bits per heavy atom. The molecule has 0 fully saturated rings. The number of guanidine groups is 1. The topological polar surface area (TPSA) is 93.1 Å². The Bertz CT molecular complexity index is 1220. The van der Waals surface area contributed by atoms with Crippen LogP contribution in [0.4, 0.5) is 0 Å². The smallest absolute Gasteiger partial charge is 0.246 e. The number of benzene rings is 3. The summed E-state index contributed by atoms with van der Waals surface area (Å²) in [4.78, 5) is 12.4. The highest BCUT2D eigenvalue weighted by atomic mass is 16.5. The van der Waals surface area contributed by atoms with E-state index in [1.807, 2.05) is 89.5 Å². The molecule has 4 aromatic rings. The molecule has 1 aromatic heterocycles. The molecule has 0 unspecified atom stereocenters. The van der Waals surface area contributed by atoms with Crippen LogP contribution in [0.5, 0.6) is 5.75 Å². The molecule has 0 aliphatic rings. The molecule has 0 atom stereocenters. The highest BCUT2D eigenvalue weighted by Crippen LogP contribution is 2.30. The number of carbonyl (C=O) groups is 1. The van der Waals surface area contributed by atoms with E-state index in [4.69, 9.17) is 15.9 Å². The van der Waals surface area contributed by atoms with Crippen LogP contribution in [0.2, 0.25) is 0 Å². The van der Waals surface area contributed by atoms with Gasteiger partial charge in [-0.2, -0.15) is 0 Å². The van der Waals surface area contributed by atoms with Crippen molar-refractivity contribution in [2.45, 2.75) is 13.0 Å². The van der Waals surface area contributed by atoms with Gasteiger partial charge >= 0.3 is 0 Å². The van der Waals surface area contributed by atoms with Gasteiger partial charge in [0.2, 0.25) is 5.91 Å². The van der Waals surface area contributed by atoms with Crippen molar-refractivity contribution >= 4 is 11.9 Å². The van der Waals surface area contributed by atoms with Crippen molar-refractivity contribution in [3.63, 3.8) is 0 Å². The molecule has 6 heteroatoms. The van der Waals surface area contributed by atoms with E-state index >= 15 is 0 Å². The monoisotopic (exact) mass is 438 g/mol. The van der Waals surface area contributed by atoms with E-state index < -0.39 is 0 Å². The van der Waals surface area contributed by atoms with E-state index in [9.17, 15) is 4.79 Å². The predicted molar refractivity (Wildman–Crippen MR) is 131 cm³/mol. The first-order chi connectivity index (χ1) is 16.1. The molecule has 4 N–H and O–H groups in total. The maximum Gasteiger partial charge on any atom is 0.246 e. The maximum atomic E-state index is 12.4. The second-order valence-corrected chi connectivity index (χ2v) is 7.63. The van der Waals surface area contributed by atoms with Gasteiger partial charge in [0.15, 0.2) is 5.96 Å².